The number of unbranched alkanes of at least 4 members (excludes halogenated alkanes) is 27. The lowest BCUT2D eigenvalue weighted by Gasteiger charge is -2.19. The molecule has 0 heterocycles. The molecule has 298 valence electrons. The van der Waals surface area contributed by atoms with E-state index >= 15 is 0 Å². The number of esters is 2. The Morgan fingerprint density at radius 2 is 0.860 bits per heavy atom. The number of carbonyl (C=O) groups excluding carboxylic acids is 2. The lowest BCUT2D eigenvalue weighted by Crippen LogP contribution is -2.29. The molecule has 0 saturated heterocycles. The third-order valence-corrected chi connectivity index (χ3v) is 10.2. The van der Waals surface area contributed by atoms with Crippen molar-refractivity contribution in [2.24, 2.45) is 5.73 Å². The summed E-state index contributed by atoms with van der Waals surface area (Å²) in [7, 11) is -4.36. The van der Waals surface area contributed by atoms with E-state index in [1.165, 1.54) is 148 Å². The van der Waals surface area contributed by atoms with Crippen molar-refractivity contribution >= 4 is 19.8 Å². The van der Waals surface area contributed by atoms with Crippen molar-refractivity contribution in [3.05, 3.63) is 0 Å². The molecule has 0 aliphatic rings. The summed E-state index contributed by atoms with van der Waals surface area (Å²) in [5, 5.41) is 0. The first-order valence-electron chi connectivity index (χ1n) is 21.0. The van der Waals surface area contributed by atoms with Gasteiger partial charge in [-0.3, -0.25) is 18.6 Å². The van der Waals surface area contributed by atoms with Crippen LogP contribution in [0.25, 0.3) is 0 Å². The maximum absolute atomic E-state index is 12.5. The van der Waals surface area contributed by atoms with Gasteiger partial charge in [0.05, 0.1) is 13.2 Å². The molecule has 3 N–H and O–H groups in total. The lowest BCUT2D eigenvalue weighted by atomic mass is 10.0. The first-order valence-corrected chi connectivity index (χ1v) is 22.5. The van der Waals surface area contributed by atoms with E-state index in [1.807, 2.05) is 0 Å². The molecule has 0 aromatic rings. The molecule has 0 bridgehead atoms. The highest BCUT2D eigenvalue weighted by atomic mass is 31.2. The van der Waals surface area contributed by atoms with E-state index in [2.05, 4.69) is 13.8 Å². The third kappa shape index (κ3) is 36.8. The van der Waals surface area contributed by atoms with Crippen LogP contribution in [0.5, 0.6) is 0 Å². The highest BCUT2D eigenvalue weighted by Crippen LogP contribution is 2.43. The summed E-state index contributed by atoms with van der Waals surface area (Å²) in [4.78, 5) is 34.8. The molecule has 2 atom stereocenters. The molecule has 0 aliphatic carbocycles. The summed E-state index contributed by atoms with van der Waals surface area (Å²) in [6, 6.07) is 0. The van der Waals surface area contributed by atoms with Gasteiger partial charge in [0, 0.05) is 19.4 Å². The molecule has 0 aromatic heterocycles. The average Bonchev–Trinajstić information content (AvgIpc) is 3.10. The van der Waals surface area contributed by atoms with Gasteiger partial charge in [0.1, 0.15) is 6.61 Å². The van der Waals surface area contributed by atoms with Gasteiger partial charge >= 0.3 is 19.8 Å². The zero-order valence-electron chi connectivity index (χ0n) is 32.7. The van der Waals surface area contributed by atoms with E-state index < -0.39 is 26.5 Å². The molecule has 9 nitrogen and oxygen atoms in total. The fourth-order valence-electron chi connectivity index (χ4n) is 6.11. The molecule has 0 rings (SSSR count). The zero-order valence-corrected chi connectivity index (χ0v) is 33.6. The van der Waals surface area contributed by atoms with E-state index in [9.17, 15) is 19.0 Å². The highest BCUT2D eigenvalue weighted by Gasteiger charge is 2.26. The Kier molecular flexibility index (Phi) is 37.0. The second-order valence-electron chi connectivity index (χ2n) is 14.2. The van der Waals surface area contributed by atoms with Gasteiger partial charge in [0.25, 0.3) is 0 Å². The normalized spacial score (nSPS) is 13.3. The van der Waals surface area contributed by atoms with Gasteiger partial charge in [0.2, 0.25) is 0 Å². The summed E-state index contributed by atoms with van der Waals surface area (Å²) in [6.07, 6.45) is 35.5. The second-order valence-corrected chi connectivity index (χ2v) is 15.7. The predicted octanol–water partition coefficient (Wildman–Crippen LogP) is 11.7. The van der Waals surface area contributed by atoms with Crippen LogP contribution in [0.3, 0.4) is 0 Å². The number of nitrogens with two attached hydrogens (primary N) is 1. The van der Waals surface area contributed by atoms with Gasteiger partial charge in [-0.1, -0.05) is 187 Å². The van der Waals surface area contributed by atoms with Crippen molar-refractivity contribution in [3.63, 3.8) is 0 Å². The molecule has 50 heavy (non-hydrogen) atoms. The zero-order chi connectivity index (χ0) is 36.8. The van der Waals surface area contributed by atoms with Gasteiger partial charge < -0.3 is 20.1 Å². The summed E-state index contributed by atoms with van der Waals surface area (Å²) in [6.45, 7) is 3.76. The van der Waals surface area contributed by atoms with Crippen LogP contribution in [0.4, 0.5) is 0 Å². The summed E-state index contributed by atoms with van der Waals surface area (Å²) >= 11 is 0. The van der Waals surface area contributed by atoms with Crippen molar-refractivity contribution in [1.29, 1.82) is 0 Å². The van der Waals surface area contributed by atoms with Crippen molar-refractivity contribution in [3.8, 4) is 0 Å². The molecular weight excluding hydrogens is 653 g/mol. The second kappa shape index (κ2) is 37.8. The fourth-order valence-corrected chi connectivity index (χ4v) is 6.87. The van der Waals surface area contributed by atoms with Gasteiger partial charge in [-0.15, -0.1) is 0 Å². The van der Waals surface area contributed by atoms with Crippen LogP contribution in [-0.4, -0.2) is 49.3 Å². The van der Waals surface area contributed by atoms with E-state index in [-0.39, 0.29) is 38.6 Å². The van der Waals surface area contributed by atoms with E-state index in [1.54, 1.807) is 0 Å². The molecule has 0 spiro atoms. The SMILES string of the molecule is CCCCCCCCCCCCCCCCCC(=O)OCC(COP(=O)(O)OCCN)OC(=O)CCCCCCCCCCCCCCCC. The molecule has 0 fully saturated rings. The summed E-state index contributed by atoms with van der Waals surface area (Å²) in [5.41, 5.74) is 5.34. The summed E-state index contributed by atoms with van der Waals surface area (Å²) in [5.74, 6) is -0.814. The van der Waals surface area contributed by atoms with Crippen LogP contribution in [-0.2, 0) is 32.7 Å². The van der Waals surface area contributed by atoms with Gasteiger partial charge in [0.15, 0.2) is 6.10 Å². The number of phosphoric acid groups is 1. The van der Waals surface area contributed by atoms with Gasteiger partial charge in [-0.05, 0) is 12.8 Å². The highest BCUT2D eigenvalue weighted by molar-refractivity contribution is 7.47. The Hall–Kier alpha value is -0.990. The number of hydrogen-bond acceptors (Lipinski definition) is 8. The predicted molar refractivity (Wildman–Crippen MR) is 206 cm³/mol. The molecule has 0 aliphatic heterocycles. The maximum atomic E-state index is 12.5. The molecule has 0 radical (unpaired) electrons. The fraction of sp³-hybridized carbons (Fsp3) is 0.950. The van der Waals surface area contributed by atoms with Crippen LogP contribution in [0.15, 0.2) is 0 Å². The Morgan fingerprint density at radius 1 is 0.520 bits per heavy atom. The van der Waals surface area contributed by atoms with Crippen molar-refractivity contribution in [1.82, 2.24) is 0 Å². The third-order valence-electron chi connectivity index (χ3n) is 9.24. The lowest BCUT2D eigenvalue weighted by molar-refractivity contribution is -0.161. The van der Waals surface area contributed by atoms with Crippen LogP contribution >= 0.6 is 7.82 Å². The van der Waals surface area contributed by atoms with Gasteiger partial charge in [-0.2, -0.15) is 0 Å². The van der Waals surface area contributed by atoms with Crippen LogP contribution < -0.4 is 5.73 Å². The Bertz CT molecular complexity index is 799. The Labute approximate surface area is 307 Å². The smallest absolute Gasteiger partial charge is 0.462 e. The Morgan fingerprint density at radius 3 is 1.22 bits per heavy atom. The molecule has 0 saturated carbocycles. The largest absolute Gasteiger partial charge is 0.472 e. The first kappa shape index (κ1) is 49.0. The number of rotatable bonds is 40. The average molecular weight is 734 g/mol. The minimum absolute atomic E-state index is 0.0580. The molecular formula is C40H80NO8P. The number of ether oxygens (including phenoxy) is 2. The number of carbonyl (C=O) groups is 2. The summed E-state index contributed by atoms with van der Waals surface area (Å²) < 4.78 is 32.7. The number of hydrogen-bond donors (Lipinski definition) is 2. The minimum atomic E-state index is -4.36. The van der Waals surface area contributed by atoms with Crippen LogP contribution in [0, 0.1) is 0 Å². The van der Waals surface area contributed by atoms with Crippen molar-refractivity contribution in [2.45, 2.75) is 219 Å². The Balaban J connectivity index is 4.12. The standard InChI is InChI=1S/C40H80NO8P/c1-3-5-7-9-11-13-15-17-19-21-22-24-26-28-30-32-39(42)46-36-38(37-48-50(44,45)47-35-34-41)49-40(43)33-31-29-27-25-23-20-18-16-14-12-10-8-6-4-2/h38H,3-37,41H2,1-2H3,(H,44,45). The van der Waals surface area contributed by atoms with Crippen molar-refractivity contribution < 1.29 is 37.6 Å². The van der Waals surface area contributed by atoms with E-state index in [0.717, 1.165) is 32.1 Å². The van der Waals surface area contributed by atoms with Crippen LogP contribution in [0.2, 0.25) is 0 Å². The molecule has 10 heteroatoms. The molecule has 2 unspecified atom stereocenters. The van der Waals surface area contributed by atoms with Gasteiger partial charge in [-0.25, -0.2) is 4.57 Å². The maximum Gasteiger partial charge on any atom is 0.472 e. The van der Waals surface area contributed by atoms with Crippen LogP contribution in [0.1, 0.15) is 213 Å². The topological polar surface area (TPSA) is 134 Å². The number of phosphoric ester groups is 1. The van der Waals surface area contributed by atoms with E-state index in [0.29, 0.717) is 6.42 Å². The van der Waals surface area contributed by atoms with Crippen molar-refractivity contribution in [2.75, 3.05) is 26.4 Å². The first-order chi connectivity index (χ1) is 24.3. The molecule has 0 amide bonds. The molecule has 0 aromatic carbocycles. The van der Waals surface area contributed by atoms with E-state index in [4.69, 9.17) is 24.3 Å². The monoisotopic (exact) mass is 734 g/mol. The quantitative estimate of drug-likeness (QED) is 0.0358. The minimum Gasteiger partial charge on any atom is -0.462 e.